The molecular formula is C12H15N3O4S2. The van der Waals surface area contributed by atoms with Crippen molar-refractivity contribution in [1.82, 2.24) is 9.88 Å². The van der Waals surface area contributed by atoms with E-state index in [2.05, 4.69) is 4.98 Å². The Kier molecular flexibility index (Phi) is 3.66. The SMILES string of the molecule is Cc1ncc(SCC2(C(=O)O)CS[C@@H]3C(N)C(=O)N3C2)o1. The van der Waals surface area contributed by atoms with Crippen LogP contribution in [0.5, 0.6) is 0 Å². The molecule has 0 radical (unpaired) electrons. The highest BCUT2D eigenvalue weighted by Crippen LogP contribution is 2.43. The molecule has 2 fully saturated rings. The first-order valence-corrected chi connectivity index (χ1v) is 8.43. The van der Waals surface area contributed by atoms with Gasteiger partial charge in [0.1, 0.15) is 16.8 Å². The zero-order valence-electron chi connectivity index (χ0n) is 11.3. The summed E-state index contributed by atoms with van der Waals surface area (Å²) in [7, 11) is 0. The molecule has 2 unspecified atom stereocenters. The highest BCUT2D eigenvalue weighted by molar-refractivity contribution is 8.00. The maximum atomic E-state index is 11.7. The Hall–Kier alpha value is -1.19. The van der Waals surface area contributed by atoms with Crippen molar-refractivity contribution in [3.05, 3.63) is 12.1 Å². The number of nitrogens with zero attached hydrogens (tertiary/aromatic N) is 2. The lowest BCUT2D eigenvalue weighted by molar-refractivity contribution is -0.155. The molecule has 2 saturated heterocycles. The molecule has 1 amide bonds. The highest BCUT2D eigenvalue weighted by atomic mass is 32.2. The number of carbonyl (C=O) groups excluding carboxylic acids is 1. The Labute approximate surface area is 129 Å². The number of aromatic nitrogens is 1. The third-order valence-corrected chi connectivity index (χ3v) is 6.51. The molecule has 2 aliphatic rings. The van der Waals surface area contributed by atoms with Gasteiger partial charge in [0.25, 0.3) is 0 Å². The number of hydrogen-bond donors (Lipinski definition) is 2. The Morgan fingerprint density at radius 1 is 1.76 bits per heavy atom. The predicted molar refractivity (Wildman–Crippen MR) is 78.0 cm³/mol. The van der Waals surface area contributed by atoms with E-state index in [4.69, 9.17) is 10.2 Å². The molecule has 0 saturated carbocycles. The van der Waals surface area contributed by atoms with Crippen molar-refractivity contribution in [2.75, 3.05) is 18.1 Å². The first-order valence-electron chi connectivity index (χ1n) is 6.39. The van der Waals surface area contributed by atoms with Gasteiger partial charge in [0.2, 0.25) is 5.91 Å². The fourth-order valence-electron chi connectivity index (χ4n) is 2.43. The van der Waals surface area contributed by atoms with E-state index >= 15 is 0 Å². The second-order valence-corrected chi connectivity index (χ2v) is 7.35. The van der Waals surface area contributed by atoms with Crippen molar-refractivity contribution in [3.63, 3.8) is 0 Å². The summed E-state index contributed by atoms with van der Waals surface area (Å²) in [5, 5.41) is 10.1. The minimum atomic E-state index is -0.984. The van der Waals surface area contributed by atoms with Crippen LogP contribution in [0.1, 0.15) is 5.89 Å². The third kappa shape index (κ3) is 2.43. The van der Waals surface area contributed by atoms with E-state index < -0.39 is 17.4 Å². The summed E-state index contributed by atoms with van der Waals surface area (Å²) in [4.78, 5) is 29.0. The number of β-lactam (4-membered cyclic amide) rings is 1. The smallest absolute Gasteiger partial charge is 0.313 e. The van der Waals surface area contributed by atoms with E-state index in [0.29, 0.717) is 22.5 Å². The van der Waals surface area contributed by atoms with Crippen LogP contribution in [0, 0.1) is 12.3 Å². The molecule has 0 spiro atoms. The van der Waals surface area contributed by atoms with Gasteiger partial charge in [-0.15, -0.1) is 11.8 Å². The van der Waals surface area contributed by atoms with Gasteiger partial charge in [-0.25, -0.2) is 4.98 Å². The summed E-state index contributed by atoms with van der Waals surface area (Å²) in [5.74, 6) is 0.243. The largest absolute Gasteiger partial charge is 0.481 e. The third-order valence-electron chi connectivity index (χ3n) is 3.73. The van der Waals surface area contributed by atoms with Gasteiger partial charge in [0.05, 0.1) is 6.20 Å². The quantitative estimate of drug-likeness (QED) is 0.603. The van der Waals surface area contributed by atoms with Gasteiger partial charge >= 0.3 is 5.97 Å². The van der Waals surface area contributed by atoms with Crippen LogP contribution in [0.3, 0.4) is 0 Å². The maximum Gasteiger partial charge on any atom is 0.313 e. The summed E-state index contributed by atoms with van der Waals surface area (Å²) >= 11 is 2.75. The van der Waals surface area contributed by atoms with E-state index in [1.165, 1.54) is 23.5 Å². The van der Waals surface area contributed by atoms with Crippen LogP contribution in [0.15, 0.2) is 15.7 Å². The summed E-state index contributed by atoms with van der Waals surface area (Å²) in [5.41, 5.74) is 4.74. The number of carboxylic acids is 1. The zero-order chi connectivity index (χ0) is 15.2. The predicted octanol–water partition coefficient (Wildman–Crippen LogP) is 0.389. The van der Waals surface area contributed by atoms with E-state index in [9.17, 15) is 14.7 Å². The standard InChI is InChI=1S/C12H15N3O4S2/c1-6-14-2-7(19-6)20-4-12(11(17)18)3-15-9(16)8(13)10(15)21-5-12/h2,8,10H,3-5,13H2,1H3,(H,17,18)/t8?,10-,12?/m1/s1. The maximum absolute atomic E-state index is 11.7. The minimum Gasteiger partial charge on any atom is -0.481 e. The first kappa shape index (κ1) is 14.7. The van der Waals surface area contributed by atoms with Crippen molar-refractivity contribution in [2.45, 2.75) is 23.4 Å². The van der Waals surface area contributed by atoms with Gasteiger partial charge in [0, 0.05) is 25.0 Å². The number of amides is 1. The molecule has 1 aromatic rings. The number of oxazole rings is 1. The molecule has 3 atom stereocenters. The summed E-state index contributed by atoms with van der Waals surface area (Å²) < 4.78 is 5.35. The number of nitrogens with two attached hydrogens (primary N) is 1. The van der Waals surface area contributed by atoms with Crippen LogP contribution < -0.4 is 5.73 Å². The Bertz CT molecular complexity index is 593. The monoisotopic (exact) mass is 329 g/mol. The second kappa shape index (κ2) is 5.22. The molecule has 114 valence electrons. The van der Waals surface area contributed by atoms with Crippen molar-refractivity contribution < 1.29 is 19.1 Å². The molecule has 1 aromatic heterocycles. The molecule has 9 heteroatoms. The summed E-state index contributed by atoms with van der Waals surface area (Å²) in [6, 6.07) is -0.494. The Morgan fingerprint density at radius 3 is 3.14 bits per heavy atom. The summed E-state index contributed by atoms with van der Waals surface area (Å²) in [6.45, 7) is 1.94. The summed E-state index contributed by atoms with van der Waals surface area (Å²) in [6.07, 6.45) is 1.58. The van der Waals surface area contributed by atoms with Gasteiger partial charge in [-0.3, -0.25) is 9.59 Å². The Balaban J connectivity index is 1.72. The lowest BCUT2D eigenvalue weighted by atomic mass is 9.89. The zero-order valence-corrected chi connectivity index (χ0v) is 12.9. The molecule has 7 nitrogen and oxygen atoms in total. The lowest BCUT2D eigenvalue weighted by Crippen LogP contribution is -2.72. The van der Waals surface area contributed by atoms with E-state index in [1.807, 2.05) is 0 Å². The minimum absolute atomic E-state index is 0.0810. The molecule has 2 aliphatic heterocycles. The lowest BCUT2D eigenvalue weighted by Gasteiger charge is -2.52. The van der Waals surface area contributed by atoms with Crippen LogP contribution in [0.4, 0.5) is 0 Å². The van der Waals surface area contributed by atoms with Gasteiger partial charge < -0.3 is 20.2 Å². The van der Waals surface area contributed by atoms with Crippen LogP contribution in [0.2, 0.25) is 0 Å². The molecule has 0 aliphatic carbocycles. The normalized spacial score (nSPS) is 31.7. The van der Waals surface area contributed by atoms with E-state index in [1.54, 1.807) is 18.0 Å². The van der Waals surface area contributed by atoms with Crippen LogP contribution >= 0.6 is 23.5 Å². The molecule has 21 heavy (non-hydrogen) atoms. The number of hydrogen-bond acceptors (Lipinski definition) is 7. The van der Waals surface area contributed by atoms with Crippen LogP contribution in [-0.4, -0.2) is 56.3 Å². The number of carbonyl (C=O) groups is 2. The van der Waals surface area contributed by atoms with Gasteiger partial charge in [-0.1, -0.05) is 11.8 Å². The molecule has 3 rings (SSSR count). The first-order chi connectivity index (χ1) is 9.93. The molecular weight excluding hydrogens is 314 g/mol. The van der Waals surface area contributed by atoms with Gasteiger partial charge in [-0.05, 0) is 0 Å². The second-order valence-electron chi connectivity index (χ2n) is 5.27. The number of carboxylic acid groups (broad SMARTS) is 1. The van der Waals surface area contributed by atoms with Crippen molar-refractivity contribution >= 4 is 35.4 Å². The molecule has 0 aromatic carbocycles. The van der Waals surface area contributed by atoms with Crippen LogP contribution in [0.25, 0.3) is 0 Å². The highest BCUT2D eigenvalue weighted by Gasteiger charge is 2.55. The molecule has 3 heterocycles. The molecule has 0 bridgehead atoms. The Morgan fingerprint density at radius 2 is 2.52 bits per heavy atom. The van der Waals surface area contributed by atoms with E-state index in [0.717, 1.165) is 0 Å². The van der Waals surface area contributed by atoms with Gasteiger partial charge in [-0.2, -0.15) is 0 Å². The number of thioether (sulfide) groups is 2. The van der Waals surface area contributed by atoms with Crippen molar-refractivity contribution in [2.24, 2.45) is 11.1 Å². The fraction of sp³-hybridized carbons (Fsp3) is 0.583. The van der Waals surface area contributed by atoms with Crippen molar-refractivity contribution in [1.29, 1.82) is 0 Å². The number of fused-ring (bicyclic) bond motifs is 1. The number of aryl methyl sites for hydroxylation is 1. The topological polar surface area (TPSA) is 110 Å². The fourth-order valence-corrected chi connectivity index (χ4v) is 5.09. The number of rotatable bonds is 4. The molecule has 3 N–H and O–H groups in total. The van der Waals surface area contributed by atoms with Gasteiger partial charge in [0.15, 0.2) is 11.0 Å². The van der Waals surface area contributed by atoms with E-state index in [-0.39, 0.29) is 17.8 Å². The number of aliphatic carboxylic acids is 1. The average Bonchev–Trinajstić information content (AvgIpc) is 2.89. The average molecular weight is 329 g/mol. The van der Waals surface area contributed by atoms with Crippen molar-refractivity contribution in [3.8, 4) is 0 Å². The van der Waals surface area contributed by atoms with Crippen LogP contribution in [-0.2, 0) is 9.59 Å².